The molecule has 0 fully saturated rings. The van der Waals surface area contributed by atoms with Crippen LogP contribution in [0.1, 0.15) is 49.9 Å². The molecule has 0 atom stereocenters. The Bertz CT molecular complexity index is 2910. The molecule has 0 radical (unpaired) electrons. The average molecular weight is 1150 g/mol. The Morgan fingerprint density at radius 2 is 1.12 bits per heavy atom. The lowest BCUT2D eigenvalue weighted by Gasteiger charge is -2.06. The lowest BCUT2D eigenvalue weighted by Crippen LogP contribution is -2.43. The summed E-state index contributed by atoms with van der Waals surface area (Å²) in [5, 5.41) is 7.93. The molecular formula is C41H59N15O8S8. The Hall–Kier alpha value is -4.66. The molecule has 0 aromatic carbocycles. The first-order valence-corrected chi connectivity index (χ1v) is 32.3. The van der Waals surface area contributed by atoms with Crippen LogP contribution in [-0.4, -0.2) is 129 Å². The van der Waals surface area contributed by atoms with Gasteiger partial charge in [-0.2, -0.15) is 14.5 Å². The van der Waals surface area contributed by atoms with Crippen molar-refractivity contribution in [2.75, 3.05) is 64.0 Å². The van der Waals surface area contributed by atoms with Gasteiger partial charge in [0.25, 0.3) is 11.1 Å². The molecule has 394 valence electrons. The molecule has 6 aromatic rings. The maximum absolute atomic E-state index is 11.8. The minimum absolute atomic E-state index is 0.0535. The zero-order chi connectivity index (χ0) is 53.8. The molecule has 6 heterocycles. The zero-order valence-corrected chi connectivity index (χ0v) is 48.1. The van der Waals surface area contributed by atoms with E-state index in [4.69, 9.17) is 0 Å². The van der Waals surface area contributed by atoms with Crippen LogP contribution >= 0.6 is 86.4 Å². The molecule has 0 unspecified atom stereocenters. The number of imidazole rings is 2. The number of hydrogen-bond donors (Lipinski definition) is 4. The number of fused-ring (bicyclic) bond motifs is 2. The Labute approximate surface area is 447 Å². The van der Waals surface area contributed by atoms with Gasteiger partial charge in [0.1, 0.15) is 12.1 Å². The zero-order valence-electron chi connectivity index (χ0n) is 41.6. The van der Waals surface area contributed by atoms with Gasteiger partial charge in [0, 0.05) is 94.8 Å². The predicted molar refractivity (Wildman–Crippen MR) is 306 cm³/mol. The lowest BCUT2D eigenvalue weighted by molar-refractivity contribution is -0.116. The van der Waals surface area contributed by atoms with E-state index < -0.39 is 17.2 Å². The van der Waals surface area contributed by atoms with Gasteiger partial charge in [-0.1, -0.05) is 100 Å². The maximum Gasteiger partial charge on any atom is 0.349 e. The number of hydrogen-bond acceptors (Lipinski definition) is 22. The number of amides is 3. The van der Waals surface area contributed by atoms with Crippen LogP contribution in [0.4, 0.5) is 17.6 Å². The minimum Gasteiger partial charge on any atom is -0.318 e. The van der Waals surface area contributed by atoms with Crippen LogP contribution in [0.3, 0.4) is 0 Å². The third-order valence-electron chi connectivity index (χ3n) is 8.60. The van der Waals surface area contributed by atoms with Gasteiger partial charge in [0.15, 0.2) is 28.1 Å². The van der Waals surface area contributed by atoms with E-state index >= 15 is 0 Å². The summed E-state index contributed by atoms with van der Waals surface area (Å²) in [7, 11) is 19.6. The molecule has 6 aromatic heterocycles. The number of aryl methyl sites for hydroxylation is 5. The average Bonchev–Trinajstić information content (AvgIpc) is 3.93. The Morgan fingerprint density at radius 3 is 1.68 bits per heavy atom. The minimum atomic E-state index is -0.584. The first kappa shape index (κ1) is 63.5. The second-order valence-corrected chi connectivity index (χ2v) is 24.5. The standard InChI is InChI=1S/C10H13N5O2S2.C10H13N5OS2.C10H14N2O3S2.C9H13N3O2S2.C2H6/c1-15-5-11-7-8(15)13-10(14-9(7)17)12-6(16)3-4-19-18-2;1-15-6-13-8-9(11-5-12-10(8)15)14-7(16)3-4-18-17-2;1-7-6-11(2)10(15)12(9(7)14)8(13)4-5-17-16-3;1-12-5-3-7(11-9(12)14)10-8(13)4-6-16-15-2;1-2/h5H,3-4H2,1-2H3,(H2,12,13,14,16,17);5-6H,3-4H2,1-2H3,(H,11,12,14,16);6H,4-5H2,1-3H3;3,5H,4,6H2,1-2H3,(H,10,11,13,14);1-2H3. The molecule has 6 rings (SSSR count). The van der Waals surface area contributed by atoms with Crippen molar-refractivity contribution < 1.29 is 19.2 Å². The number of rotatable bonds is 19. The smallest absolute Gasteiger partial charge is 0.318 e. The number of carbonyl (C=O) groups excluding carboxylic acids is 4. The van der Waals surface area contributed by atoms with Crippen molar-refractivity contribution in [2.45, 2.75) is 46.5 Å². The fraction of sp³-hybridized carbons (Fsp3) is 0.463. The van der Waals surface area contributed by atoms with Crippen molar-refractivity contribution in [1.82, 2.24) is 57.7 Å². The Morgan fingerprint density at radius 1 is 0.611 bits per heavy atom. The van der Waals surface area contributed by atoms with Crippen LogP contribution in [-0.2, 0) is 42.6 Å². The fourth-order valence-corrected chi connectivity index (χ4v) is 9.99. The summed E-state index contributed by atoms with van der Waals surface area (Å²) in [5.41, 5.74) is 0.571. The molecular weight excluding hydrogens is 1090 g/mol. The SMILES string of the molecule is CC.CSSCCC(=O)Nc1ccn(C)c(=O)n1.CSSCCC(=O)Nc1nc2c(ncn2C)c(=O)[nH]1.CSSCCC(=O)Nc1ncnc2c1ncn2C.CSSCCC(=O)n1c(=O)c(C)cn(C)c1=O. The van der Waals surface area contributed by atoms with Crippen LogP contribution < -0.4 is 38.4 Å². The summed E-state index contributed by atoms with van der Waals surface area (Å²) in [6.07, 6.45) is 16.9. The van der Waals surface area contributed by atoms with Gasteiger partial charge >= 0.3 is 11.4 Å². The number of H-pyrrole nitrogens is 1. The summed E-state index contributed by atoms with van der Waals surface area (Å²) in [5.74, 6) is 2.97. The van der Waals surface area contributed by atoms with Gasteiger partial charge in [-0.05, 0) is 38.0 Å². The summed E-state index contributed by atoms with van der Waals surface area (Å²) >= 11 is 0. The number of nitrogens with one attached hydrogen (secondary N) is 4. The number of anilines is 3. The topological polar surface area (TPSA) is 290 Å². The number of aromatic nitrogens is 12. The molecule has 0 bridgehead atoms. The van der Waals surface area contributed by atoms with Crippen LogP contribution in [0.15, 0.2) is 56.6 Å². The van der Waals surface area contributed by atoms with E-state index in [0.29, 0.717) is 64.8 Å². The van der Waals surface area contributed by atoms with E-state index in [1.165, 1.54) is 45.8 Å². The molecule has 0 saturated heterocycles. The van der Waals surface area contributed by atoms with E-state index in [1.54, 1.807) is 124 Å². The first-order valence-electron chi connectivity index (χ1n) is 21.4. The van der Waals surface area contributed by atoms with Gasteiger partial charge in [-0.3, -0.25) is 39.1 Å². The maximum atomic E-state index is 11.8. The van der Waals surface area contributed by atoms with Gasteiger partial charge in [0.05, 0.1) is 12.7 Å². The van der Waals surface area contributed by atoms with E-state index in [0.717, 1.165) is 16.1 Å². The molecule has 0 saturated carbocycles. The normalized spacial score (nSPS) is 10.4. The fourth-order valence-electron chi connectivity index (χ4n) is 5.26. The second-order valence-electron chi connectivity index (χ2n) is 13.7. The van der Waals surface area contributed by atoms with Gasteiger partial charge in [0.2, 0.25) is 29.6 Å². The third kappa shape index (κ3) is 21.4. The van der Waals surface area contributed by atoms with E-state index in [1.807, 2.05) is 45.9 Å². The molecule has 4 N–H and O–H groups in total. The largest absolute Gasteiger partial charge is 0.349 e. The number of carbonyl (C=O) groups is 4. The Kier molecular flexibility index (Phi) is 30.6. The van der Waals surface area contributed by atoms with Gasteiger partial charge < -0.3 is 28.9 Å². The van der Waals surface area contributed by atoms with Crippen molar-refractivity contribution in [3.63, 3.8) is 0 Å². The van der Waals surface area contributed by atoms with Crippen LogP contribution in [0, 0.1) is 6.92 Å². The van der Waals surface area contributed by atoms with E-state index in [-0.39, 0.29) is 46.9 Å². The van der Waals surface area contributed by atoms with E-state index in [2.05, 4.69) is 50.8 Å². The molecule has 0 aliphatic carbocycles. The van der Waals surface area contributed by atoms with E-state index in [9.17, 15) is 38.4 Å². The number of nitrogens with zero attached hydrogens (tertiary/aromatic N) is 11. The summed E-state index contributed by atoms with van der Waals surface area (Å²) in [4.78, 5) is 120. The molecule has 72 heavy (non-hydrogen) atoms. The highest BCUT2D eigenvalue weighted by Gasteiger charge is 2.15. The highest BCUT2D eigenvalue weighted by molar-refractivity contribution is 8.77. The predicted octanol–water partition coefficient (Wildman–Crippen LogP) is 5.74. The highest BCUT2D eigenvalue weighted by Crippen LogP contribution is 2.21. The van der Waals surface area contributed by atoms with Crippen LogP contribution in [0.5, 0.6) is 0 Å². The lowest BCUT2D eigenvalue weighted by atomic mass is 10.3. The molecule has 31 heteroatoms. The summed E-state index contributed by atoms with van der Waals surface area (Å²) in [6, 6.07) is 1.60. The highest BCUT2D eigenvalue weighted by atomic mass is 33.1. The third-order valence-corrected chi connectivity index (χ3v) is 15.9. The van der Waals surface area contributed by atoms with Crippen molar-refractivity contribution in [2.24, 2.45) is 28.2 Å². The monoisotopic (exact) mass is 1150 g/mol. The van der Waals surface area contributed by atoms with Crippen LogP contribution in [0.2, 0.25) is 0 Å². The quantitative estimate of drug-likeness (QED) is 0.0555. The molecule has 0 aliphatic heterocycles. The van der Waals surface area contributed by atoms with Gasteiger partial charge in [-0.25, -0.2) is 29.5 Å². The molecule has 3 amide bonds. The second kappa shape index (κ2) is 34.7. The molecule has 23 nitrogen and oxygen atoms in total. The van der Waals surface area contributed by atoms with Crippen molar-refractivity contribution in [3.8, 4) is 0 Å². The van der Waals surface area contributed by atoms with Crippen molar-refractivity contribution in [1.29, 1.82) is 0 Å². The number of aromatic amines is 1. The Balaban J connectivity index is 0.000000326. The first-order chi connectivity index (χ1) is 34.4. The van der Waals surface area contributed by atoms with Crippen molar-refractivity contribution in [3.05, 3.63) is 84.7 Å². The van der Waals surface area contributed by atoms with Crippen molar-refractivity contribution >= 4 is 150 Å². The van der Waals surface area contributed by atoms with Crippen LogP contribution in [0.25, 0.3) is 22.3 Å². The molecule has 0 spiro atoms. The molecule has 0 aliphatic rings. The van der Waals surface area contributed by atoms with Gasteiger partial charge in [-0.15, -0.1) is 0 Å². The summed E-state index contributed by atoms with van der Waals surface area (Å²) in [6.45, 7) is 5.59. The summed E-state index contributed by atoms with van der Waals surface area (Å²) < 4.78 is 6.73.